The molecule has 126 valence electrons. The van der Waals surface area contributed by atoms with Crippen LogP contribution in [0.3, 0.4) is 0 Å². The first-order chi connectivity index (χ1) is 11.1. The topological polar surface area (TPSA) is 35.6 Å². The van der Waals surface area contributed by atoms with Crippen molar-refractivity contribution in [1.29, 1.82) is 0 Å². The van der Waals surface area contributed by atoms with Gasteiger partial charge in [0.15, 0.2) is 0 Å². The van der Waals surface area contributed by atoms with E-state index >= 15 is 0 Å². The lowest BCUT2D eigenvalue weighted by Crippen LogP contribution is -2.38. The number of nitrogens with one attached hydrogen (secondary N) is 1. The van der Waals surface area contributed by atoms with Crippen LogP contribution in [-0.2, 0) is 4.79 Å². The van der Waals surface area contributed by atoms with Gasteiger partial charge < -0.3 is 10.2 Å². The summed E-state index contributed by atoms with van der Waals surface area (Å²) in [6, 6.07) is 6.39. The van der Waals surface area contributed by atoms with Gasteiger partial charge in [0.1, 0.15) is 0 Å². The van der Waals surface area contributed by atoms with E-state index in [0.29, 0.717) is 6.54 Å². The second kappa shape index (κ2) is 7.35. The monoisotopic (exact) mass is 315 g/mol. The number of hydrogen-bond donors (Lipinski definition) is 1. The number of nitrogens with zero attached hydrogens (tertiary/aromatic N) is 2. The number of amides is 1. The molecule has 0 spiro atoms. The highest BCUT2D eigenvalue weighted by molar-refractivity contribution is 5.93. The Balaban J connectivity index is 1.55. The van der Waals surface area contributed by atoms with E-state index in [4.69, 9.17) is 0 Å². The summed E-state index contributed by atoms with van der Waals surface area (Å²) < 4.78 is 0. The van der Waals surface area contributed by atoms with E-state index in [-0.39, 0.29) is 5.91 Å². The van der Waals surface area contributed by atoms with E-state index in [1.807, 2.05) is 0 Å². The normalized spacial score (nSPS) is 20.0. The SMILES string of the molecule is Cc1cc(N2CCCC2)ccc1NC(=O)CN1CCC(C)CC1. The van der Waals surface area contributed by atoms with Crippen molar-refractivity contribution in [2.75, 3.05) is 42.9 Å². The van der Waals surface area contributed by atoms with Gasteiger partial charge >= 0.3 is 0 Å². The Kier molecular flexibility index (Phi) is 5.21. The van der Waals surface area contributed by atoms with Gasteiger partial charge in [-0.3, -0.25) is 9.69 Å². The van der Waals surface area contributed by atoms with Crippen LogP contribution in [0.5, 0.6) is 0 Å². The molecule has 1 N–H and O–H groups in total. The van der Waals surface area contributed by atoms with Gasteiger partial charge in [-0.1, -0.05) is 6.92 Å². The zero-order chi connectivity index (χ0) is 16.2. The van der Waals surface area contributed by atoms with Gasteiger partial charge in [0.2, 0.25) is 5.91 Å². The fraction of sp³-hybridized carbons (Fsp3) is 0.632. The Labute approximate surface area is 139 Å². The van der Waals surface area contributed by atoms with Gasteiger partial charge in [0.25, 0.3) is 0 Å². The minimum absolute atomic E-state index is 0.108. The van der Waals surface area contributed by atoms with Crippen molar-refractivity contribution in [2.24, 2.45) is 5.92 Å². The first-order valence-electron chi connectivity index (χ1n) is 8.99. The summed E-state index contributed by atoms with van der Waals surface area (Å²) in [5.74, 6) is 0.909. The molecule has 0 aliphatic carbocycles. The van der Waals surface area contributed by atoms with Crippen LogP contribution < -0.4 is 10.2 Å². The summed E-state index contributed by atoms with van der Waals surface area (Å²) in [7, 11) is 0. The molecule has 2 saturated heterocycles. The summed E-state index contributed by atoms with van der Waals surface area (Å²) in [4.78, 5) is 17.0. The lowest BCUT2D eigenvalue weighted by atomic mass is 9.99. The molecule has 1 amide bonds. The number of aryl methyl sites for hydroxylation is 1. The van der Waals surface area contributed by atoms with Crippen LogP contribution in [0.15, 0.2) is 18.2 Å². The number of carbonyl (C=O) groups is 1. The Morgan fingerprint density at radius 1 is 1.17 bits per heavy atom. The molecule has 0 saturated carbocycles. The van der Waals surface area contributed by atoms with Gasteiger partial charge in [0, 0.05) is 24.5 Å². The lowest BCUT2D eigenvalue weighted by molar-refractivity contribution is -0.117. The zero-order valence-electron chi connectivity index (χ0n) is 14.5. The molecule has 1 aromatic carbocycles. The van der Waals surface area contributed by atoms with Gasteiger partial charge in [-0.25, -0.2) is 0 Å². The van der Waals surface area contributed by atoms with Crippen molar-refractivity contribution in [2.45, 2.75) is 39.5 Å². The number of anilines is 2. The maximum Gasteiger partial charge on any atom is 0.238 e. The van der Waals surface area contributed by atoms with E-state index in [0.717, 1.165) is 43.3 Å². The summed E-state index contributed by atoms with van der Waals surface area (Å²) >= 11 is 0. The van der Waals surface area contributed by atoms with Gasteiger partial charge in [0.05, 0.1) is 6.54 Å². The third-order valence-electron chi connectivity index (χ3n) is 5.20. The Bertz CT molecular complexity index is 544. The van der Waals surface area contributed by atoms with E-state index in [2.05, 4.69) is 47.2 Å². The molecular weight excluding hydrogens is 286 g/mol. The van der Waals surface area contributed by atoms with Crippen molar-refractivity contribution in [3.8, 4) is 0 Å². The lowest BCUT2D eigenvalue weighted by Gasteiger charge is -2.29. The van der Waals surface area contributed by atoms with E-state index < -0.39 is 0 Å². The Morgan fingerprint density at radius 3 is 2.52 bits per heavy atom. The fourth-order valence-electron chi connectivity index (χ4n) is 3.57. The molecule has 4 heteroatoms. The molecule has 0 atom stereocenters. The average molecular weight is 315 g/mol. The van der Waals surface area contributed by atoms with Crippen molar-refractivity contribution in [3.05, 3.63) is 23.8 Å². The molecule has 0 radical (unpaired) electrons. The van der Waals surface area contributed by atoms with Crippen molar-refractivity contribution >= 4 is 17.3 Å². The molecular formula is C19H29N3O. The first-order valence-corrected chi connectivity index (χ1v) is 8.99. The quantitative estimate of drug-likeness (QED) is 0.926. The predicted octanol–water partition coefficient (Wildman–Crippen LogP) is 3.27. The van der Waals surface area contributed by atoms with Crippen LogP contribution in [-0.4, -0.2) is 43.5 Å². The van der Waals surface area contributed by atoms with Crippen LogP contribution in [0.1, 0.15) is 38.2 Å². The molecule has 23 heavy (non-hydrogen) atoms. The molecule has 0 aromatic heterocycles. The third kappa shape index (κ3) is 4.25. The molecule has 2 aliphatic rings. The summed E-state index contributed by atoms with van der Waals surface area (Å²) in [5, 5.41) is 3.09. The van der Waals surface area contributed by atoms with Crippen molar-refractivity contribution in [3.63, 3.8) is 0 Å². The van der Waals surface area contributed by atoms with Gasteiger partial charge in [-0.05, 0) is 75.4 Å². The maximum atomic E-state index is 12.3. The summed E-state index contributed by atoms with van der Waals surface area (Å²) in [5.41, 5.74) is 3.38. The molecule has 0 bridgehead atoms. The summed E-state index contributed by atoms with van der Waals surface area (Å²) in [6.45, 7) is 9.28. The third-order valence-corrected chi connectivity index (χ3v) is 5.20. The highest BCUT2D eigenvalue weighted by Crippen LogP contribution is 2.25. The summed E-state index contributed by atoms with van der Waals surface area (Å²) in [6.07, 6.45) is 4.98. The maximum absolute atomic E-state index is 12.3. The molecule has 2 aliphatic heterocycles. The average Bonchev–Trinajstić information content (AvgIpc) is 3.06. The van der Waals surface area contributed by atoms with Crippen LogP contribution in [0.25, 0.3) is 0 Å². The Morgan fingerprint density at radius 2 is 1.87 bits per heavy atom. The molecule has 0 unspecified atom stereocenters. The molecule has 4 nitrogen and oxygen atoms in total. The first kappa shape index (κ1) is 16.3. The van der Waals surface area contributed by atoms with Gasteiger partial charge in [-0.2, -0.15) is 0 Å². The van der Waals surface area contributed by atoms with E-state index in [9.17, 15) is 4.79 Å². The second-order valence-corrected chi connectivity index (χ2v) is 7.20. The van der Waals surface area contributed by atoms with Crippen LogP contribution >= 0.6 is 0 Å². The Hall–Kier alpha value is -1.55. The highest BCUT2D eigenvalue weighted by Gasteiger charge is 2.18. The molecule has 2 heterocycles. The van der Waals surface area contributed by atoms with Crippen molar-refractivity contribution in [1.82, 2.24) is 4.90 Å². The van der Waals surface area contributed by atoms with Crippen LogP contribution in [0.2, 0.25) is 0 Å². The number of piperidine rings is 1. The largest absolute Gasteiger partial charge is 0.372 e. The number of likely N-dealkylation sites (tertiary alicyclic amines) is 1. The van der Waals surface area contributed by atoms with E-state index in [1.54, 1.807) is 0 Å². The smallest absolute Gasteiger partial charge is 0.238 e. The predicted molar refractivity (Wildman–Crippen MR) is 96.1 cm³/mol. The minimum atomic E-state index is 0.108. The zero-order valence-corrected chi connectivity index (χ0v) is 14.5. The second-order valence-electron chi connectivity index (χ2n) is 7.20. The minimum Gasteiger partial charge on any atom is -0.372 e. The van der Waals surface area contributed by atoms with Crippen molar-refractivity contribution < 1.29 is 4.79 Å². The number of rotatable bonds is 4. The number of carbonyl (C=O) groups excluding carboxylic acids is 1. The van der Waals surface area contributed by atoms with Gasteiger partial charge in [-0.15, -0.1) is 0 Å². The van der Waals surface area contributed by atoms with Crippen LogP contribution in [0, 0.1) is 12.8 Å². The molecule has 2 fully saturated rings. The fourth-order valence-corrected chi connectivity index (χ4v) is 3.57. The number of hydrogen-bond acceptors (Lipinski definition) is 3. The molecule has 1 aromatic rings. The molecule has 3 rings (SSSR count). The number of benzene rings is 1. The standard InChI is InChI=1S/C19H29N3O/c1-15-7-11-21(12-8-15)14-19(23)20-18-6-5-17(13-16(18)2)22-9-3-4-10-22/h5-6,13,15H,3-4,7-12,14H2,1-2H3,(H,20,23). The highest BCUT2D eigenvalue weighted by atomic mass is 16.2. The van der Waals surface area contributed by atoms with Crippen LogP contribution in [0.4, 0.5) is 11.4 Å². The van der Waals surface area contributed by atoms with E-state index in [1.165, 1.54) is 31.4 Å².